The molecule has 1 aliphatic carbocycles. The van der Waals surface area contributed by atoms with Crippen molar-refractivity contribution in [2.24, 2.45) is 5.92 Å². The summed E-state index contributed by atoms with van der Waals surface area (Å²) in [7, 11) is 4.26. The summed E-state index contributed by atoms with van der Waals surface area (Å²) >= 11 is 6.07. The van der Waals surface area contributed by atoms with Crippen molar-refractivity contribution < 1.29 is 0 Å². The Morgan fingerprint density at radius 1 is 1.42 bits per heavy atom. The SMILES string of the molecule is CNC(CCN(C)CC1CCC1)c1cccc(Cl)c1. The fourth-order valence-electron chi connectivity index (χ4n) is 2.76. The number of hydrogen-bond donors (Lipinski definition) is 1. The fraction of sp³-hybridized carbons (Fsp3) is 0.625. The predicted octanol–water partition coefficient (Wildman–Crippen LogP) is 3.72. The van der Waals surface area contributed by atoms with Crippen LogP contribution in [0.25, 0.3) is 0 Å². The van der Waals surface area contributed by atoms with Crippen LogP contribution in [0.3, 0.4) is 0 Å². The Kier molecular flexibility index (Phi) is 5.68. The van der Waals surface area contributed by atoms with E-state index in [1.807, 2.05) is 19.2 Å². The van der Waals surface area contributed by atoms with E-state index < -0.39 is 0 Å². The van der Waals surface area contributed by atoms with E-state index >= 15 is 0 Å². The molecule has 1 aromatic rings. The molecule has 0 spiro atoms. The number of nitrogens with one attached hydrogen (secondary N) is 1. The molecule has 19 heavy (non-hydrogen) atoms. The van der Waals surface area contributed by atoms with Gasteiger partial charge in [0.25, 0.3) is 0 Å². The van der Waals surface area contributed by atoms with E-state index in [9.17, 15) is 0 Å². The van der Waals surface area contributed by atoms with E-state index in [1.165, 1.54) is 31.4 Å². The van der Waals surface area contributed by atoms with Crippen molar-refractivity contribution in [1.82, 2.24) is 10.2 Å². The molecule has 3 heteroatoms. The number of hydrogen-bond acceptors (Lipinski definition) is 2. The van der Waals surface area contributed by atoms with Gasteiger partial charge in [0.05, 0.1) is 0 Å². The van der Waals surface area contributed by atoms with Gasteiger partial charge in [-0.15, -0.1) is 0 Å². The summed E-state index contributed by atoms with van der Waals surface area (Å²) in [6.07, 6.45) is 5.41. The van der Waals surface area contributed by atoms with E-state index in [1.54, 1.807) is 0 Å². The zero-order chi connectivity index (χ0) is 13.7. The third-order valence-corrected chi connectivity index (χ3v) is 4.43. The second kappa shape index (κ2) is 7.28. The van der Waals surface area contributed by atoms with Gasteiger partial charge in [-0.2, -0.15) is 0 Å². The van der Waals surface area contributed by atoms with Gasteiger partial charge in [-0.1, -0.05) is 30.2 Å². The van der Waals surface area contributed by atoms with Crippen LogP contribution in [0.15, 0.2) is 24.3 Å². The smallest absolute Gasteiger partial charge is 0.0409 e. The molecule has 1 saturated carbocycles. The maximum Gasteiger partial charge on any atom is 0.0409 e. The molecule has 0 heterocycles. The third kappa shape index (κ3) is 4.48. The monoisotopic (exact) mass is 280 g/mol. The van der Waals surface area contributed by atoms with Crippen LogP contribution in [0, 0.1) is 5.92 Å². The molecule has 1 unspecified atom stereocenters. The Morgan fingerprint density at radius 2 is 2.21 bits per heavy atom. The summed E-state index contributed by atoms with van der Waals surface area (Å²) in [5.74, 6) is 0.948. The lowest BCUT2D eigenvalue weighted by Crippen LogP contribution is -2.32. The highest BCUT2D eigenvalue weighted by Gasteiger charge is 2.19. The number of rotatable bonds is 7. The van der Waals surface area contributed by atoms with Gasteiger partial charge < -0.3 is 10.2 Å². The third-order valence-electron chi connectivity index (χ3n) is 4.19. The van der Waals surface area contributed by atoms with Crippen molar-refractivity contribution in [1.29, 1.82) is 0 Å². The molecular weight excluding hydrogens is 256 g/mol. The van der Waals surface area contributed by atoms with Gasteiger partial charge in [-0.25, -0.2) is 0 Å². The average Bonchev–Trinajstić information content (AvgIpc) is 2.35. The van der Waals surface area contributed by atoms with Crippen molar-refractivity contribution in [2.45, 2.75) is 31.7 Å². The first-order valence-corrected chi connectivity index (χ1v) is 7.68. The molecule has 2 rings (SSSR count). The molecule has 1 N–H and O–H groups in total. The molecule has 0 bridgehead atoms. The van der Waals surface area contributed by atoms with Crippen molar-refractivity contribution in [3.05, 3.63) is 34.9 Å². The van der Waals surface area contributed by atoms with Crippen molar-refractivity contribution >= 4 is 11.6 Å². The second-order valence-corrected chi connectivity index (χ2v) is 6.18. The number of halogens is 1. The van der Waals surface area contributed by atoms with Gasteiger partial charge in [0.1, 0.15) is 0 Å². The molecule has 1 aliphatic rings. The van der Waals surface area contributed by atoms with Crippen LogP contribution in [-0.2, 0) is 0 Å². The minimum atomic E-state index is 0.391. The van der Waals surface area contributed by atoms with Crippen LogP contribution in [0.2, 0.25) is 5.02 Å². The lowest BCUT2D eigenvalue weighted by molar-refractivity contribution is 0.199. The lowest BCUT2D eigenvalue weighted by Gasteiger charge is -2.31. The van der Waals surface area contributed by atoms with E-state index in [0.29, 0.717) is 6.04 Å². The van der Waals surface area contributed by atoms with Gasteiger partial charge in [0.15, 0.2) is 0 Å². The van der Waals surface area contributed by atoms with Crippen molar-refractivity contribution in [2.75, 3.05) is 27.2 Å². The molecule has 0 saturated heterocycles. The molecule has 0 amide bonds. The quantitative estimate of drug-likeness (QED) is 0.819. The Hall–Kier alpha value is -0.570. The Morgan fingerprint density at radius 3 is 2.79 bits per heavy atom. The largest absolute Gasteiger partial charge is 0.313 e. The van der Waals surface area contributed by atoms with Gasteiger partial charge in [0.2, 0.25) is 0 Å². The van der Waals surface area contributed by atoms with Crippen LogP contribution in [0.5, 0.6) is 0 Å². The first-order valence-electron chi connectivity index (χ1n) is 7.30. The molecule has 1 aromatic carbocycles. The highest BCUT2D eigenvalue weighted by atomic mass is 35.5. The Balaban J connectivity index is 1.81. The fourth-order valence-corrected chi connectivity index (χ4v) is 2.96. The molecular formula is C16H25ClN2. The van der Waals surface area contributed by atoms with E-state index in [-0.39, 0.29) is 0 Å². The summed E-state index contributed by atoms with van der Waals surface area (Å²) in [6, 6.07) is 8.57. The zero-order valence-corrected chi connectivity index (χ0v) is 12.8. The Labute approximate surface area is 122 Å². The predicted molar refractivity (Wildman–Crippen MR) is 82.7 cm³/mol. The lowest BCUT2D eigenvalue weighted by atomic mass is 9.85. The van der Waals surface area contributed by atoms with E-state index in [2.05, 4.69) is 29.4 Å². The van der Waals surface area contributed by atoms with Crippen LogP contribution in [0.4, 0.5) is 0 Å². The maximum atomic E-state index is 6.07. The highest BCUT2D eigenvalue weighted by molar-refractivity contribution is 6.30. The summed E-state index contributed by atoms with van der Waals surface area (Å²) in [5, 5.41) is 4.22. The standard InChI is InChI=1S/C16H25ClN2/c1-18-16(14-7-4-8-15(17)11-14)9-10-19(2)12-13-5-3-6-13/h4,7-8,11,13,16,18H,3,5-6,9-10,12H2,1-2H3. The maximum absolute atomic E-state index is 6.07. The van der Waals surface area contributed by atoms with Crippen molar-refractivity contribution in [3.63, 3.8) is 0 Å². The average molecular weight is 281 g/mol. The summed E-state index contributed by atoms with van der Waals surface area (Å²) in [6.45, 7) is 2.39. The van der Waals surface area contributed by atoms with Gasteiger partial charge >= 0.3 is 0 Å². The van der Waals surface area contributed by atoms with Crippen LogP contribution in [0.1, 0.15) is 37.3 Å². The molecule has 0 radical (unpaired) electrons. The summed E-state index contributed by atoms with van der Waals surface area (Å²) in [4.78, 5) is 2.47. The molecule has 0 aliphatic heterocycles. The van der Waals surface area contributed by atoms with Gasteiger partial charge in [0, 0.05) is 17.6 Å². The summed E-state index contributed by atoms with van der Waals surface area (Å²) in [5.41, 5.74) is 1.28. The van der Waals surface area contributed by atoms with Crippen LogP contribution >= 0.6 is 11.6 Å². The molecule has 106 valence electrons. The zero-order valence-electron chi connectivity index (χ0n) is 12.0. The van der Waals surface area contributed by atoms with Crippen LogP contribution in [-0.4, -0.2) is 32.1 Å². The molecule has 2 nitrogen and oxygen atoms in total. The Bertz CT molecular complexity index is 390. The molecule has 1 atom stereocenters. The van der Waals surface area contributed by atoms with E-state index in [4.69, 9.17) is 11.6 Å². The van der Waals surface area contributed by atoms with Crippen molar-refractivity contribution in [3.8, 4) is 0 Å². The topological polar surface area (TPSA) is 15.3 Å². The number of nitrogens with zero attached hydrogens (tertiary/aromatic N) is 1. The molecule has 0 aromatic heterocycles. The first-order chi connectivity index (χ1) is 9.19. The second-order valence-electron chi connectivity index (χ2n) is 5.74. The molecule has 1 fully saturated rings. The summed E-state index contributed by atoms with van der Waals surface area (Å²) < 4.78 is 0. The first kappa shape index (κ1) is 14.8. The van der Waals surface area contributed by atoms with Gasteiger partial charge in [-0.05, 0) is 63.5 Å². The number of benzene rings is 1. The van der Waals surface area contributed by atoms with Crippen LogP contribution < -0.4 is 5.32 Å². The normalized spacial score (nSPS) is 17.5. The van der Waals surface area contributed by atoms with E-state index in [0.717, 1.165) is 23.9 Å². The minimum Gasteiger partial charge on any atom is -0.313 e. The highest BCUT2D eigenvalue weighted by Crippen LogP contribution is 2.27. The minimum absolute atomic E-state index is 0.391. The van der Waals surface area contributed by atoms with Gasteiger partial charge in [-0.3, -0.25) is 0 Å².